The first-order valence-electron chi connectivity index (χ1n) is 12.3. The normalized spacial score (nSPS) is 14.4. The molecule has 2 aliphatic rings. The van der Waals surface area contributed by atoms with Crippen LogP contribution in [0, 0.1) is 0 Å². The minimum atomic E-state index is -0.0696. The Kier molecular flexibility index (Phi) is 4.81. The second-order valence-corrected chi connectivity index (χ2v) is 11.4. The molecule has 0 spiro atoms. The molecule has 0 N–H and O–H groups in total. The van der Waals surface area contributed by atoms with E-state index in [1.54, 1.807) is 0 Å². The van der Waals surface area contributed by atoms with Crippen molar-refractivity contribution < 1.29 is 9.47 Å². The van der Waals surface area contributed by atoms with Gasteiger partial charge in [0.25, 0.3) is 0 Å². The van der Waals surface area contributed by atoms with Gasteiger partial charge in [0, 0.05) is 5.41 Å². The maximum atomic E-state index is 6.45. The van der Waals surface area contributed by atoms with E-state index in [1.165, 1.54) is 38.4 Å². The molecule has 1 heterocycles. The minimum absolute atomic E-state index is 0.0696. The molecule has 0 aromatic heterocycles. The van der Waals surface area contributed by atoms with Crippen LogP contribution in [0.4, 0.5) is 0 Å². The lowest BCUT2D eigenvalue weighted by Crippen LogP contribution is -2.15. The smallest absolute Gasteiger partial charge is 0.170 e. The van der Waals surface area contributed by atoms with Crippen LogP contribution in [-0.2, 0) is 5.41 Å². The Morgan fingerprint density at radius 3 is 2.08 bits per heavy atom. The van der Waals surface area contributed by atoms with Crippen LogP contribution in [0.5, 0.6) is 23.0 Å². The summed E-state index contributed by atoms with van der Waals surface area (Å²) in [7, 11) is 0.628. The molecule has 5 aromatic carbocycles. The van der Waals surface area contributed by atoms with E-state index in [1.807, 2.05) is 6.07 Å². The molecule has 0 fully saturated rings. The summed E-state index contributed by atoms with van der Waals surface area (Å²) in [5, 5.41) is 2.65. The van der Waals surface area contributed by atoms with Crippen molar-refractivity contribution in [3.63, 3.8) is 0 Å². The van der Waals surface area contributed by atoms with E-state index in [0.29, 0.717) is 8.58 Å². The summed E-state index contributed by atoms with van der Waals surface area (Å²) < 4.78 is 12.8. The fourth-order valence-corrected chi connectivity index (χ4v) is 6.52. The zero-order chi connectivity index (χ0) is 24.3. The van der Waals surface area contributed by atoms with Crippen LogP contribution >= 0.6 is 8.58 Å². The van der Waals surface area contributed by atoms with Gasteiger partial charge in [-0.15, -0.1) is 0 Å². The predicted molar refractivity (Wildman–Crippen MR) is 150 cm³/mol. The molecule has 2 nitrogen and oxygen atoms in total. The molecule has 1 unspecified atom stereocenters. The van der Waals surface area contributed by atoms with Gasteiger partial charge in [0.05, 0.1) is 0 Å². The largest absolute Gasteiger partial charge is 0.450 e. The third kappa shape index (κ3) is 3.45. The van der Waals surface area contributed by atoms with Crippen molar-refractivity contribution in [1.82, 2.24) is 0 Å². The van der Waals surface area contributed by atoms with Crippen molar-refractivity contribution in [3.8, 4) is 45.3 Å². The van der Waals surface area contributed by atoms with E-state index in [0.717, 1.165) is 28.6 Å². The highest BCUT2D eigenvalue weighted by molar-refractivity contribution is 7.55. The number of rotatable bonds is 3. The van der Waals surface area contributed by atoms with Crippen molar-refractivity contribution in [2.24, 2.45) is 0 Å². The van der Waals surface area contributed by atoms with Gasteiger partial charge in [-0.2, -0.15) is 0 Å². The maximum absolute atomic E-state index is 6.45. The van der Waals surface area contributed by atoms with Gasteiger partial charge >= 0.3 is 0 Å². The Balaban J connectivity index is 1.23. The van der Waals surface area contributed by atoms with Gasteiger partial charge in [-0.1, -0.05) is 101 Å². The van der Waals surface area contributed by atoms with Gasteiger partial charge in [-0.3, -0.25) is 0 Å². The van der Waals surface area contributed by atoms with Crippen LogP contribution < -0.4 is 20.1 Å². The average Bonchev–Trinajstić information content (AvgIpc) is 3.13. The van der Waals surface area contributed by atoms with E-state index in [-0.39, 0.29) is 5.41 Å². The lowest BCUT2D eigenvalue weighted by molar-refractivity contribution is 0.359. The molecule has 0 amide bonds. The van der Waals surface area contributed by atoms with E-state index >= 15 is 0 Å². The van der Waals surface area contributed by atoms with Crippen LogP contribution in [0.25, 0.3) is 22.3 Å². The topological polar surface area (TPSA) is 18.5 Å². The van der Waals surface area contributed by atoms with Crippen LogP contribution in [0.2, 0.25) is 0 Å². The molecule has 36 heavy (non-hydrogen) atoms. The first-order valence-corrected chi connectivity index (χ1v) is 13.3. The van der Waals surface area contributed by atoms with E-state index in [9.17, 15) is 0 Å². The molecule has 1 aliphatic heterocycles. The molecule has 1 atom stereocenters. The SMILES string of the molecule is CC1(C)c2ccccc2-c2cc3c(cc21)Oc1ccc(-c2cccc(Pc4ccccc4)c2)cc1O3. The fraction of sp³-hybridized carbons (Fsp3) is 0.0909. The highest BCUT2D eigenvalue weighted by Gasteiger charge is 2.37. The summed E-state index contributed by atoms with van der Waals surface area (Å²) in [6, 6.07) is 38.6. The number of hydrogen-bond donors (Lipinski definition) is 0. The van der Waals surface area contributed by atoms with E-state index in [2.05, 4.69) is 117 Å². The molecular weight excluding hydrogens is 459 g/mol. The lowest BCUT2D eigenvalue weighted by atomic mass is 9.82. The Morgan fingerprint density at radius 2 is 1.19 bits per heavy atom. The van der Waals surface area contributed by atoms with Crippen molar-refractivity contribution in [2.75, 3.05) is 0 Å². The highest BCUT2D eigenvalue weighted by Crippen LogP contribution is 2.55. The molecule has 5 aromatic rings. The number of ether oxygens (including phenoxy) is 2. The number of fused-ring (bicyclic) bond motifs is 5. The van der Waals surface area contributed by atoms with Crippen molar-refractivity contribution in [2.45, 2.75) is 19.3 Å². The fourth-order valence-electron chi connectivity index (χ4n) is 5.42. The van der Waals surface area contributed by atoms with E-state index < -0.39 is 0 Å². The first-order chi connectivity index (χ1) is 17.6. The standard InChI is InChI=1S/C33H25O2P/c1-33(2)27-14-7-6-13-25(27)26-19-31-32(20-28(26)33)34-29-16-15-22(18-30(29)35-31)21-9-8-12-24(17-21)36-23-10-4-3-5-11-23/h3-20,36H,1-2H3. The van der Waals surface area contributed by atoms with Crippen molar-refractivity contribution in [1.29, 1.82) is 0 Å². The summed E-state index contributed by atoms with van der Waals surface area (Å²) in [6.45, 7) is 4.56. The van der Waals surface area contributed by atoms with Gasteiger partial charge in [-0.05, 0) is 74.3 Å². The monoisotopic (exact) mass is 484 g/mol. The summed E-state index contributed by atoms with van der Waals surface area (Å²) in [5.41, 5.74) is 7.36. The summed E-state index contributed by atoms with van der Waals surface area (Å²) in [5.74, 6) is 3.05. The summed E-state index contributed by atoms with van der Waals surface area (Å²) in [6.07, 6.45) is 0. The van der Waals surface area contributed by atoms with Gasteiger partial charge < -0.3 is 9.47 Å². The second kappa shape index (κ2) is 8.08. The third-order valence-corrected chi connectivity index (χ3v) is 8.51. The van der Waals surface area contributed by atoms with Gasteiger partial charge in [0.2, 0.25) is 0 Å². The maximum Gasteiger partial charge on any atom is 0.170 e. The van der Waals surface area contributed by atoms with Gasteiger partial charge in [0.15, 0.2) is 23.0 Å². The molecule has 3 heteroatoms. The first kappa shape index (κ1) is 21.4. The Labute approximate surface area is 213 Å². The Morgan fingerprint density at radius 1 is 0.500 bits per heavy atom. The van der Waals surface area contributed by atoms with Crippen molar-refractivity contribution in [3.05, 3.63) is 120 Å². The molecule has 7 rings (SSSR count). The molecule has 0 saturated heterocycles. The zero-order valence-corrected chi connectivity index (χ0v) is 21.2. The molecule has 0 radical (unpaired) electrons. The molecule has 0 bridgehead atoms. The zero-order valence-electron chi connectivity index (χ0n) is 20.2. The Hall–Kier alpha value is -3.87. The molecular formula is C33H25O2P. The molecule has 0 saturated carbocycles. The second-order valence-electron chi connectivity index (χ2n) is 9.95. The average molecular weight is 485 g/mol. The van der Waals surface area contributed by atoms with Gasteiger partial charge in [-0.25, -0.2) is 0 Å². The lowest BCUT2D eigenvalue weighted by Gasteiger charge is -2.25. The van der Waals surface area contributed by atoms with Crippen molar-refractivity contribution >= 4 is 19.2 Å². The minimum Gasteiger partial charge on any atom is -0.450 e. The van der Waals surface area contributed by atoms with Crippen LogP contribution in [-0.4, -0.2) is 0 Å². The third-order valence-electron chi connectivity index (χ3n) is 7.29. The summed E-state index contributed by atoms with van der Waals surface area (Å²) >= 11 is 0. The van der Waals surface area contributed by atoms with Crippen LogP contribution in [0.1, 0.15) is 25.0 Å². The molecule has 174 valence electrons. The van der Waals surface area contributed by atoms with Gasteiger partial charge in [0.1, 0.15) is 0 Å². The summed E-state index contributed by atoms with van der Waals surface area (Å²) in [4.78, 5) is 0. The van der Waals surface area contributed by atoms with Crippen LogP contribution in [0.15, 0.2) is 109 Å². The predicted octanol–water partition coefficient (Wildman–Crippen LogP) is 8.19. The molecule has 1 aliphatic carbocycles. The number of hydrogen-bond acceptors (Lipinski definition) is 2. The quantitative estimate of drug-likeness (QED) is 0.236. The number of benzene rings is 5. The highest BCUT2D eigenvalue weighted by atomic mass is 31.1. The van der Waals surface area contributed by atoms with Crippen LogP contribution in [0.3, 0.4) is 0 Å². The van der Waals surface area contributed by atoms with E-state index in [4.69, 9.17) is 9.47 Å². The Bertz CT molecular complexity index is 1640.